The van der Waals surface area contributed by atoms with Crippen molar-refractivity contribution in [3.05, 3.63) is 0 Å². The molecular formula is C12H26N2O. The highest BCUT2D eigenvalue weighted by Gasteiger charge is 2.14. The fraction of sp³-hybridized carbons (Fsp3) is 1.00. The first-order chi connectivity index (χ1) is 7.36. The van der Waals surface area contributed by atoms with E-state index in [4.69, 9.17) is 4.74 Å². The van der Waals surface area contributed by atoms with Crippen molar-refractivity contribution < 1.29 is 4.74 Å². The molecule has 3 heteroatoms. The van der Waals surface area contributed by atoms with E-state index >= 15 is 0 Å². The normalized spacial score (nSPS) is 24.0. The maximum Gasteiger partial charge on any atom is 0.0474 e. The number of likely N-dealkylation sites (tertiary alicyclic amines) is 1. The van der Waals surface area contributed by atoms with Crippen LogP contribution in [0, 0.1) is 0 Å². The molecule has 15 heavy (non-hydrogen) atoms. The second-order valence-corrected chi connectivity index (χ2v) is 4.36. The number of nitrogens with zero attached hydrogens (tertiary/aromatic N) is 1. The lowest BCUT2D eigenvalue weighted by Gasteiger charge is -2.18. The highest BCUT2D eigenvalue weighted by Crippen LogP contribution is 2.10. The van der Waals surface area contributed by atoms with Gasteiger partial charge in [-0.3, -0.25) is 0 Å². The van der Waals surface area contributed by atoms with Gasteiger partial charge in [0.05, 0.1) is 0 Å². The lowest BCUT2D eigenvalue weighted by Crippen LogP contribution is -2.32. The quantitative estimate of drug-likeness (QED) is 0.678. The fourth-order valence-corrected chi connectivity index (χ4v) is 2.20. The van der Waals surface area contributed by atoms with Gasteiger partial charge in [-0.05, 0) is 51.9 Å². The minimum Gasteiger partial charge on any atom is -0.385 e. The van der Waals surface area contributed by atoms with E-state index in [0.29, 0.717) is 0 Å². The van der Waals surface area contributed by atoms with Crippen LogP contribution in [0.2, 0.25) is 0 Å². The van der Waals surface area contributed by atoms with E-state index in [0.717, 1.165) is 25.6 Å². The van der Waals surface area contributed by atoms with Crippen LogP contribution in [-0.4, -0.2) is 50.8 Å². The third-order valence-electron chi connectivity index (χ3n) is 3.23. The van der Waals surface area contributed by atoms with Crippen LogP contribution in [0.5, 0.6) is 0 Å². The summed E-state index contributed by atoms with van der Waals surface area (Å²) >= 11 is 0. The third kappa shape index (κ3) is 5.50. The second-order valence-electron chi connectivity index (χ2n) is 4.36. The lowest BCUT2D eigenvalue weighted by molar-refractivity contribution is 0.192. The van der Waals surface area contributed by atoms with Crippen LogP contribution in [0.4, 0.5) is 0 Å². The molecule has 1 atom stereocenters. The molecule has 90 valence electrons. The van der Waals surface area contributed by atoms with Gasteiger partial charge in [-0.15, -0.1) is 0 Å². The molecule has 0 aromatic heterocycles. The molecule has 0 bridgehead atoms. The standard InChI is InChI=1S/C12H26N2O/c1-3-14-9-4-6-12(7-10-14)13-8-5-11-15-2/h12-13H,3-11H2,1-2H3. The first kappa shape index (κ1) is 12.9. The van der Waals surface area contributed by atoms with Gasteiger partial charge in [0.1, 0.15) is 0 Å². The van der Waals surface area contributed by atoms with E-state index in [1.165, 1.54) is 38.9 Å². The minimum absolute atomic E-state index is 0.735. The molecule has 0 amide bonds. The zero-order valence-corrected chi connectivity index (χ0v) is 10.3. The zero-order chi connectivity index (χ0) is 10.9. The van der Waals surface area contributed by atoms with Crippen LogP contribution in [0.1, 0.15) is 32.6 Å². The molecule has 1 heterocycles. The number of methoxy groups -OCH3 is 1. The van der Waals surface area contributed by atoms with E-state index < -0.39 is 0 Å². The van der Waals surface area contributed by atoms with E-state index in [1.54, 1.807) is 7.11 Å². The van der Waals surface area contributed by atoms with Crippen LogP contribution in [0.3, 0.4) is 0 Å². The van der Waals surface area contributed by atoms with Gasteiger partial charge in [0.15, 0.2) is 0 Å². The van der Waals surface area contributed by atoms with Crippen molar-refractivity contribution in [2.75, 3.05) is 39.9 Å². The van der Waals surface area contributed by atoms with Gasteiger partial charge in [0.25, 0.3) is 0 Å². The molecule has 0 aromatic carbocycles. The summed E-state index contributed by atoms with van der Waals surface area (Å²) in [6.07, 6.45) is 5.12. The van der Waals surface area contributed by atoms with Gasteiger partial charge in [0.2, 0.25) is 0 Å². The summed E-state index contributed by atoms with van der Waals surface area (Å²) in [5, 5.41) is 3.63. The van der Waals surface area contributed by atoms with Gasteiger partial charge in [-0.1, -0.05) is 6.92 Å². The average Bonchev–Trinajstić information content (AvgIpc) is 2.49. The largest absolute Gasteiger partial charge is 0.385 e. The first-order valence-electron chi connectivity index (χ1n) is 6.31. The van der Waals surface area contributed by atoms with Crippen molar-refractivity contribution in [1.82, 2.24) is 10.2 Å². The molecule has 1 rings (SSSR count). The molecule has 1 aliphatic rings. The summed E-state index contributed by atoms with van der Waals surface area (Å²) in [4.78, 5) is 2.55. The van der Waals surface area contributed by atoms with E-state index in [1.807, 2.05) is 0 Å². The molecule has 1 aliphatic heterocycles. The minimum atomic E-state index is 0.735. The molecular weight excluding hydrogens is 188 g/mol. The third-order valence-corrected chi connectivity index (χ3v) is 3.23. The van der Waals surface area contributed by atoms with Crippen molar-refractivity contribution in [3.63, 3.8) is 0 Å². The predicted molar refractivity (Wildman–Crippen MR) is 64.2 cm³/mol. The number of ether oxygens (including phenoxy) is 1. The fourth-order valence-electron chi connectivity index (χ4n) is 2.20. The van der Waals surface area contributed by atoms with Gasteiger partial charge >= 0.3 is 0 Å². The Morgan fingerprint density at radius 1 is 1.33 bits per heavy atom. The monoisotopic (exact) mass is 214 g/mol. The Kier molecular flexibility index (Phi) is 6.98. The van der Waals surface area contributed by atoms with Crippen LogP contribution in [-0.2, 0) is 4.74 Å². The maximum atomic E-state index is 5.04. The second kappa shape index (κ2) is 8.08. The van der Waals surface area contributed by atoms with E-state index in [2.05, 4.69) is 17.1 Å². The van der Waals surface area contributed by atoms with Gasteiger partial charge in [-0.2, -0.15) is 0 Å². The van der Waals surface area contributed by atoms with E-state index in [-0.39, 0.29) is 0 Å². The Morgan fingerprint density at radius 3 is 2.93 bits per heavy atom. The molecule has 3 nitrogen and oxygen atoms in total. The number of hydrogen-bond donors (Lipinski definition) is 1. The summed E-state index contributed by atoms with van der Waals surface area (Å²) in [5.74, 6) is 0. The molecule has 1 saturated heterocycles. The summed E-state index contributed by atoms with van der Waals surface area (Å²) in [7, 11) is 1.77. The van der Waals surface area contributed by atoms with Crippen LogP contribution < -0.4 is 5.32 Å². The first-order valence-corrected chi connectivity index (χ1v) is 6.31. The summed E-state index contributed by atoms with van der Waals surface area (Å²) in [6.45, 7) is 7.99. The van der Waals surface area contributed by atoms with Crippen molar-refractivity contribution in [1.29, 1.82) is 0 Å². The Hall–Kier alpha value is -0.120. The van der Waals surface area contributed by atoms with Crippen molar-refractivity contribution in [3.8, 4) is 0 Å². The van der Waals surface area contributed by atoms with Gasteiger partial charge in [0, 0.05) is 19.8 Å². The zero-order valence-electron chi connectivity index (χ0n) is 10.3. The van der Waals surface area contributed by atoms with Crippen LogP contribution >= 0.6 is 0 Å². The van der Waals surface area contributed by atoms with Crippen molar-refractivity contribution >= 4 is 0 Å². The molecule has 0 saturated carbocycles. The van der Waals surface area contributed by atoms with E-state index in [9.17, 15) is 0 Å². The van der Waals surface area contributed by atoms with Crippen molar-refractivity contribution in [2.24, 2.45) is 0 Å². The Bertz CT molecular complexity index is 153. The Morgan fingerprint density at radius 2 is 2.20 bits per heavy atom. The lowest BCUT2D eigenvalue weighted by atomic mass is 10.1. The topological polar surface area (TPSA) is 24.5 Å². The van der Waals surface area contributed by atoms with Gasteiger partial charge in [-0.25, -0.2) is 0 Å². The van der Waals surface area contributed by atoms with Crippen molar-refractivity contribution in [2.45, 2.75) is 38.6 Å². The Balaban J connectivity index is 2.08. The highest BCUT2D eigenvalue weighted by molar-refractivity contribution is 4.74. The molecule has 0 aliphatic carbocycles. The van der Waals surface area contributed by atoms with Crippen LogP contribution in [0.25, 0.3) is 0 Å². The summed E-state index contributed by atoms with van der Waals surface area (Å²) in [5.41, 5.74) is 0. The average molecular weight is 214 g/mol. The molecule has 0 radical (unpaired) electrons. The smallest absolute Gasteiger partial charge is 0.0474 e. The molecule has 1 N–H and O–H groups in total. The summed E-state index contributed by atoms with van der Waals surface area (Å²) < 4.78 is 5.04. The molecule has 0 spiro atoms. The van der Waals surface area contributed by atoms with Crippen LogP contribution in [0.15, 0.2) is 0 Å². The van der Waals surface area contributed by atoms with Gasteiger partial charge < -0.3 is 15.0 Å². The number of hydrogen-bond acceptors (Lipinski definition) is 3. The maximum absolute atomic E-state index is 5.04. The molecule has 0 aromatic rings. The number of rotatable bonds is 6. The molecule has 1 fully saturated rings. The number of nitrogens with one attached hydrogen (secondary N) is 1. The highest BCUT2D eigenvalue weighted by atomic mass is 16.5. The SMILES string of the molecule is CCN1CCCC(NCCCOC)CC1. The Labute approximate surface area is 94.2 Å². The predicted octanol–water partition coefficient (Wildman–Crippen LogP) is 1.49. The molecule has 1 unspecified atom stereocenters. The summed E-state index contributed by atoms with van der Waals surface area (Å²) in [6, 6.07) is 0.735.